The van der Waals surface area contributed by atoms with Gasteiger partial charge in [-0.2, -0.15) is 4.98 Å². The maximum Gasteiger partial charge on any atom is 0.288 e. The van der Waals surface area contributed by atoms with Crippen LogP contribution in [0.1, 0.15) is 45.1 Å². The quantitative estimate of drug-likeness (QED) is 0.736. The van der Waals surface area contributed by atoms with E-state index in [2.05, 4.69) is 15.3 Å². The van der Waals surface area contributed by atoms with E-state index in [-0.39, 0.29) is 17.6 Å². The Balaban J connectivity index is 1.65. The van der Waals surface area contributed by atoms with Crippen LogP contribution in [-0.4, -0.2) is 63.4 Å². The van der Waals surface area contributed by atoms with Gasteiger partial charge in [0, 0.05) is 30.7 Å². The van der Waals surface area contributed by atoms with Crippen molar-refractivity contribution in [2.75, 3.05) is 24.7 Å². The molecule has 1 saturated heterocycles. The molecule has 9 nitrogen and oxygen atoms in total. The second-order valence-corrected chi connectivity index (χ2v) is 10.5. The average Bonchev–Trinajstić information content (AvgIpc) is 3.02. The number of rotatable bonds is 4. The summed E-state index contributed by atoms with van der Waals surface area (Å²) < 4.78 is 40.3. The van der Waals surface area contributed by atoms with Gasteiger partial charge in [0.25, 0.3) is 5.56 Å². The minimum Gasteiger partial charge on any atom is -0.388 e. The third kappa shape index (κ3) is 3.93. The number of halogens is 1. The van der Waals surface area contributed by atoms with Crippen LogP contribution in [0.4, 0.5) is 10.3 Å². The van der Waals surface area contributed by atoms with E-state index in [0.29, 0.717) is 44.2 Å². The Hall–Kier alpha value is -2.11. The molecule has 2 N–H and O–H groups in total. The third-order valence-electron chi connectivity index (χ3n) is 6.18. The molecule has 0 bridgehead atoms. The van der Waals surface area contributed by atoms with Crippen LogP contribution in [-0.2, 0) is 10.0 Å². The lowest BCUT2D eigenvalue weighted by Gasteiger charge is -2.31. The van der Waals surface area contributed by atoms with E-state index >= 15 is 0 Å². The summed E-state index contributed by atoms with van der Waals surface area (Å²) in [6, 6.07) is 0.534. The van der Waals surface area contributed by atoms with Gasteiger partial charge in [0.1, 0.15) is 5.65 Å². The van der Waals surface area contributed by atoms with Crippen LogP contribution in [0, 0.1) is 5.82 Å². The Morgan fingerprint density at radius 2 is 2.00 bits per heavy atom. The molecule has 2 aliphatic rings. The summed E-state index contributed by atoms with van der Waals surface area (Å²) in [5, 5.41) is 14.3. The van der Waals surface area contributed by atoms with Gasteiger partial charge in [-0.3, -0.25) is 9.36 Å². The Kier molecular flexibility index (Phi) is 5.31. The van der Waals surface area contributed by atoms with Crippen molar-refractivity contribution in [3.05, 3.63) is 28.4 Å². The molecule has 4 rings (SSSR count). The smallest absolute Gasteiger partial charge is 0.288 e. The van der Waals surface area contributed by atoms with Crippen molar-refractivity contribution in [3.63, 3.8) is 0 Å². The van der Waals surface area contributed by atoms with Gasteiger partial charge in [-0.25, -0.2) is 22.1 Å². The number of anilines is 1. The van der Waals surface area contributed by atoms with Crippen molar-refractivity contribution in [2.45, 2.75) is 56.7 Å². The van der Waals surface area contributed by atoms with Gasteiger partial charge < -0.3 is 10.4 Å². The largest absolute Gasteiger partial charge is 0.388 e. The molecule has 2 fully saturated rings. The second-order valence-electron chi connectivity index (χ2n) is 8.49. The first-order valence-corrected chi connectivity index (χ1v) is 11.9. The number of nitrogens with one attached hydrogen (secondary N) is 1. The van der Waals surface area contributed by atoms with Crippen molar-refractivity contribution < 1.29 is 17.9 Å². The van der Waals surface area contributed by atoms with E-state index in [1.165, 1.54) is 21.3 Å². The third-order valence-corrected chi connectivity index (χ3v) is 7.48. The standard InChI is InChI=1S/C19H26FN5O4S/c1-19(27)7-3-4-15(19)25-16-12(10-14(20)17(25)26)11-21-18(23-16)22-13-5-8-24(9-6-13)30(2,28)29/h10-11,13,15,27H,3-9H2,1-2H3,(H,21,22,23)/t15-,19-/m1/s1. The molecule has 2 aromatic heterocycles. The predicted molar refractivity (Wildman–Crippen MR) is 110 cm³/mol. The van der Waals surface area contributed by atoms with Crippen LogP contribution < -0.4 is 10.9 Å². The summed E-state index contributed by atoms with van der Waals surface area (Å²) in [7, 11) is -3.21. The number of piperidine rings is 1. The number of sulfonamides is 1. The predicted octanol–water partition coefficient (Wildman–Crippen LogP) is 1.24. The molecule has 30 heavy (non-hydrogen) atoms. The summed E-state index contributed by atoms with van der Waals surface area (Å²) in [5.74, 6) is -0.611. The summed E-state index contributed by atoms with van der Waals surface area (Å²) >= 11 is 0. The summed E-state index contributed by atoms with van der Waals surface area (Å²) in [6.07, 6.45) is 5.67. The lowest BCUT2D eigenvalue weighted by atomic mass is 10.00. The van der Waals surface area contributed by atoms with Crippen molar-refractivity contribution >= 4 is 27.0 Å². The number of aliphatic hydroxyl groups is 1. The van der Waals surface area contributed by atoms with E-state index in [9.17, 15) is 22.7 Å². The topological polar surface area (TPSA) is 117 Å². The van der Waals surface area contributed by atoms with Crippen molar-refractivity contribution in [3.8, 4) is 0 Å². The number of hydrogen-bond donors (Lipinski definition) is 2. The Morgan fingerprint density at radius 1 is 1.30 bits per heavy atom. The number of nitrogens with zero attached hydrogens (tertiary/aromatic N) is 4. The van der Waals surface area contributed by atoms with E-state index < -0.39 is 33.0 Å². The Labute approximate surface area is 174 Å². The summed E-state index contributed by atoms with van der Waals surface area (Å²) in [4.78, 5) is 21.3. The highest BCUT2D eigenvalue weighted by Gasteiger charge is 2.40. The van der Waals surface area contributed by atoms with Gasteiger partial charge in [-0.15, -0.1) is 0 Å². The molecule has 164 valence electrons. The van der Waals surface area contributed by atoms with Crippen LogP contribution in [0.15, 0.2) is 17.1 Å². The highest BCUT2D eigenvalue weighted by atomic mass is 32.2. The molecule has 0 spiro atoms. The fourth-order valence-corrected chi connectivity index (χ4v) is 5.37. The number of fused-ring (bicyclic) bond motifs is 1. The molecule has 1 aliphatic carbocycles. The van der Waals surface area contributed by atoms with E-state index in [1.807, 2.05) is 0 Å². The Bertz CT molecular complexity index is 1130. The molecule has 1 aliphatic heterocycles. The lowest BCUT2D eigenvalue weighted by Crippen LogP contribution is -2.42. The van der Waals surface area contributed by atoms with Gasteiger partial charge in [0.15, 0.2) is 5.82 Å². The molecular formula is C19H26FN5O4S. The molecule has 2 aromatic rings. The van der Waals surface area contributed by atoms with Gasteiger partial charge in [-0.1, -0.05) is 0 Å². The normalized spacial score (nSPS) is 26.3. The Morgan fingerprint density at radius 3 is 2.60 bits per heavy atom. The van der Waals surface area contributed by atoms with Crippen LogP contribution in [0.3, 0.4) is 0 Å². The average molecular weight is 440 g/mol. The first-order chi connectivity index (χ1) is 14.1. The molecule has 1 saturated carbocycles. The summed E-state index contributed by atoms with van der Waals surface area (Å²) in [5.41, 5.74) is -1.65. The first kappa shape index (κ1) is 21.1. The van der Waals surface area contributed by atoms with Crippen LogP contribution in [0.25, 0.3) is 11.0 Å². The molecule has 0 radical (unpaired) electrons. The van der Waals surface area contributed by atoms with E-state index in [4.69, 9.17) is 0 Å². The van der Waals surface area contributed by atoms with Gasteiger partial charge in [0.05, 0.1) is 17.9 Å². The van der Waals surface area contributed by atoms with Crippen LogP contribution >= 0.6 is 0 Å². The van der Waals surface area contributed by atoms with Crippen molar-refractivity contribution in [1.82, 2.24) is 18.8 Å². The number of hydrogen-bond acceptors (Lipinski definition) is 7. The first-order valence-electron chi connectivity index (χ1n) is 10.1. The molecule has 3 heterocycles. The highest BCUT2D eigenvalue weighted by Crippen LogP contribution is 2.39. The minimum atomic E-state index is -3.21. The minimum absolute atomic E-state index is 0.0179. The zero-order valence-electron chi connectivity index (χ0n) is 17.0. The maximum atomic E-state index is 14.3. The zero-order chi connectivity index (χ0) is 21.7. The maximum absolute atomic E-state index is 14.3. The molecular weight excluding hydrogens is 413 g/mol. The van der Waals surface area contributed by atoms with Crippen molar-refractivity contribution in [2.24, 2.45) is 0 Å². The van der Waals surface area contributed by atoms with Gasteiger partial charge in [-0.05, 0) is 45.1 Å². The number of aromatic nitrogens is 3. The summed E-state index contributed by atoms with van der Waals surface area (Å²) in [6.45, 7) is 2.47. The molecule has 0 aromatic carbocycles. The monoisotopic (exact) mass is 439 g/mol. The zero-order valence-corrected chi connectivity index (χ0v) is 17.8. The molecule has 11 heteroatoms. The van der Waals surface area contributed by atoms with Crippen LogP contribution in [0.5, 0.6) is 0 Å². The fraction of sp³-hybridized carbons (Fsp3) is 0.632. The second kappa shape index (κ2) is 7.54. The highest BCUT2D eigenvalue weighted by molar-refractivity contribution is 7.88. The molecule has 2 atom stereocenters. The van der Waals surface area contributed by atoms with Gasteiger partial charge in [0.2, 0.25) is 16.0 Å². The fourth-order valence-electron chi connectivity index (χ4n) is 4.50. The van der Waals surface area contributed by atoms with Crippen LogP contribution in [0.2, 0.25) is 0 Å². The molecule has 0 amide bonds. The lowest BCUT2D eigenvalue weighted by molar-refractivity contribution is 0.0263. The van der Waals surface area contributed by atoms with E-state index in [1.54, 1.807) is 6.92 Å². The van der Waals surface area contributed by atoms with E-state index in [0.717, 1.165) is 12.5 Å². The SMILES string of the molecule is C[C@@]1(O)CCC[C@H]1n1c(=O)c(F)cc2cnc(NC3CCN(S(C)(=O)=O)CC3)nc21. The molecule has 0 unspecified atom stereocenters. The number of pyridine rings is 1. The van der Waals surface area contributed by atoms with Gasteiger partial charge >= 0.3 is 0 Å². The van der Waals surface area contributed by atoms with Crippen molar-refractivity contribution in [1.29, 1.82) is 0 Å².